The van der Waals surface area contributed by atoms with E-state index in [2.05, 4.69) is 6.08 Å². The summed E-state index contributed by atoms with van der Waals surface area (Å²) in [4.78, 5) is 0. The van der Waals surface area contributed by atoms with Crippen LogP contribution in [0.25, 0.3) is 0 Å². The molecule has 0 aromatic heterocycles. The smallest absolute Gasteiger partial charge is 0.187 e. The van der Waals surface area contributed by atoms with Gasteiger partial charge in [-0.2, -0.15) is 0 Å². The lowest BCUT2D eigenvalue weighted by Gasteiger charge is -2.48. The van der Waals surface area contributed by atoms with Gasteiger partial charge < -0.3 is 119 Å². The second-order valence-corrected chi connectivity index (χ2v) is 18.6. The first kappa shape index (κ1) is 58.2. The van der Waals surface area contributed by atoms with Crippen molar-refractivity contribution in [1.82, 2.24) is 0 Å². The summed E-state index contributed by atoms with van der Waals surface area (Å²) >= 11 is 0. The molecule has 5 aliphatic rings. The Kier molecular flexibility index (Phi) is 22.3. The molecule has 25 atom stereocenters. The second-order valence-electron chi connectivity index (χ2n) is 18.6. The third-order valence-corrected chi connectivity index (χ3v) is 13.1. The summed E-state index contributed by atoms with van der Waals surface area (Å²) in [5.41, 5.74) is 2.83. The number of rotatable bonds is 20. The number of aliphatic hydroxyl groups excluding tert-OH is 14. The summed E-state index contributed by atoms with van der Waals surface area (Å²) in [5, 5.41) is 147. The Labute approximate surface area is 400 Å². The van der Waals surface area contributed by atoms with Crippen LogP contribution in [0.3, 0.4) is 0 Å². The quantitative estimate of drug-likeness (QED) is 0.0512. The molecule has 0 bridgehead atoms. The minimum Gasteiger partial charge on any atom is -0.394 e. The Hall–Kier alpha value is -1.74. The minimum absolute atomic E-state index is 0.0188. The molecule has 5 saturated heterocycles. The van der Waals surface area contributed by atoms with E-state index in [4.69, 9.17) is 47.4 Å². The average molecular weight is 1000 g/mol. The highest BCUT2D eigenvalue weighted by molar-refractivity contribution is 5.07. The fourth-order valence-electron chi connectivity index (χ4n) is 8.52. The van der Waals surface area contributed by atoms with Gasteiger partial charge in [0.25, 0.3) is 0 Å². The molecule has 24 nitrogen and oxygen atoms in total. The van der Waals surface area contributed by atoms with Gasteiger partial charge in [-0.1, -0.05) is 34.9 Å². The van der Waals surface area contributed by atoms with E-state index in [0.717, 1.165) is 16.7 Å². The Morgan fingerprint density at radius 3 is 1.25 bits per heavy atom. The van der Waals surface area contributed by atoms with Crippen LogP contribution in [0.2, 0.25) is 0 Å². The predicted molar refractivity (Wildman–Crippen MR) is 233 cm³/mol. The maximum atomic E-state index is 11.3. The lowest BCUT2D eigenvalue weighted by molar-refractivity contribution is -0.388. The fourth-order valence-corrected chi connectivity index (χ4v) is 8.52. The van der Waals surface area contributed by atoms with E-state index < -0.39 is 167 Å². The Bertz CT molecular complexity index is 1650. The zero-order valence-electron chi connectivity index (χ0n) is 39.7. The largest absolute Gasteiger partial charge is 0.394 e. The van der Waals surface area contributed by atoms with Crippen LogP contribution in [0.4, 0.5) is 0 Å². The van der Waals surface area contributed by atoms with Crippen LogP contribution in [0.1, 0.15) is 67.2 Å². The van der Waals surface area contributed by atoms with Gasteiger partial charge in [0.2, 0.25) is 0 Å². The number of aliphatic hydroxyl groups is 14. The van der Waals surface area contributed by atoms with E-state index in [-0.39, 0.29) is 13.2 Å². The number of allylic oxidation sites excluding steroid dienone is 4. The van der Waals surface area contributed by atoms with E-state index in [0.29, 0.717) is 25.7 Å². The van der Waals surface area contributed by atoms with Gasteiger partial charge in [-0.25, -0.2) is 0 Å². The molecule has 5 rings (SSSR count). The van der Waals surface area contributed by atoms with Crippen LogP contribution in [-0.2, 0) is 47.4 Å². The van der Waals surface area contributed by atoms with Crippen molar-refractivity contribution in [2.24, 2.45) is 0 Å². The van der Waals surface area contributed by atoms with Crippen LogP contribution < -0.4 is 0 Å². The normalized spacial score (nSPS) is 46.3. The molecule has 24 heteroatoms. The Morgan fingerprint density at radius 2 is 0.783 bits per heavy atom. The van der Waals surface area contributed by atoms with Gasteiger partial charge in [0.05, 0.1) is 44.7 Å². The van der Waals surface area contributed by atoms with Crippen molar-refractivity contribution in [3.63, 3.8) is 0 Å². The van der Waals surface area contributed by atoms with Crippen LogP contribution in [0, 0.1) is 0 Å². The summed E-state index contributed by atoms with van der Waals surface area (Å²) in [6.45, 7) is 8.61. The number of hydrogen-bond acceptors (Lipinski definition) is 24. The van der Waals surface area contributed by atoms with Crippen LogP contribution >= 0.6 is 0 Å². The summed E-state index contributed by atoms with van der Waals surface area (Å²) in [6.07, 6.45) is -28.4. The van der Waals surface area contributed by atoms with Crippen molar-refractivity contribution in [2.75, 3.05) is 26.4 Å². The van der Waals surface area contributed by atoms with Crippen molar-refractivity contribution in [2.45, 2.75) is 221 Å². The van der Waals surface area contributed by atoms with Gasteiger partial charge in [-0.15, -0.1) is 0 Å². The van der Waals surface area contributed by atoms with Gasteiger partial charge in [0.1, 0.15) is 104 Å². The minimum atomic E-state index is -1.79. The van der Waals surface area contributed by atoms with Crippen molar-refractivity contribution >= 4 is 0 Å². The first-order valence-electron chi connectivity index (χ1n) is 23.4. The molecule has 5 fully saturated rings. The van der Waals surface area contributed by atoms with Crippen molar-refractivity contribution in [1.29, 1.82) is 0 Å². The van der Waals surface area contributed by atoms with E-state index in [1.807, 2.05) is 26.8 Å². The third kappa shape index (κ3) is 14.5. The van der Waals surface area contributed by atoms with Crippen molar-refractivity contribution in [3.8, 4) is 0 Å². The Balaban J connectivity index is 1.13. The fraction of sp³-hybridized carbons (Fsp3) is 0.867. The number of hydrogen-bond donors (Lipinski definition) is 14. The average Bonchev–Trinajstić information content (AvgIpc) is 3.31. The zero-order valence-corrected chi connectivity index (χ0v) is 39.7. The van der Waals surface area contributed by atoms with E-state index in [1.54, 1.807) is 6.08 Å². The zero-order chi connectivity index (χ0) is 51.0. The topological polar surface area (TPSA) is 376 Å². The predicted octanol–water partition coefficient (Wildman–Crippen LogP) is -4.43. The molecule has 69 heavy (non-hydrogen) atoms. The van der Waals surface area contributed by atoms with Gasteiger partial charge in [0, 0.05) is 0 Å². The van der Waals surface area contributed by atoms with Crippen molar-refractivity contribution < 1.29 is 119 Å². The van der Waals surface area contributed by atoms with E-state index in [1.165, 1.54) is 20.8 Å². The van der Waals surface area contributed by atoms with Crippen molar-refractivity contribution in [3.05, 3.63) is 34.9 Å². The first-order chi connectivity index (χ1) is 32.6. The van der Waals surface area contributed by atoms with Gasteiger partial charge >= 0.3 is 0 Å². The van der Waals surface area contributed by atoms with Crippen LogP contribution in [0.5, 0.6) is 0 Å². The molecule has 400 valence electrons. The summed E-state index contributed by atoms with van der Waals surface area (Å²) in [5.74, 6) is 0. The highest BCUT2D eigenvalue weighted by Crippen LogP contribution is 2.35. The van der Waals surface area contributed by atoms with Gasteiger partial charge in [-0.05, 0) is 67.2 Å². The summed E-state index contributed by atoms with van der Waals surface area (Å²) in [6, 6.07) is 0. The maximum Gasteiger partial charge on any atom is 0.187 e. The SMILES string of the molecule is C/C(=C\CC/C(C)=C/CO[C@@H]1O[C@H](CO)[C@@H](O)[C@H](O[C@@H]2O[C@@H](C)[C@H](O)[C@@H](O)[C@H]2O)[C@H]1O[C@@H]1O[C@@H](C)[C@H](O)[C@@H](O)[C@H]1O)CC/C=C(\C)CO[C@@H]1O[C@H](CO)[C@@H](O)[C@H](O[C@@H]2O[C@@H](C)[C@H](O)[C@@H](O)[C@H]2O)[C@H]1O. The van der Waals surface area contributed by atoms with E-state index in [9.17, 15) is 71.5 Å². The van der Waals surface area contributed by atoms with Crippen LogP contribution in [-0.4, -0.2) is 251 Å². The van der Waals surface area contributed by atoms with Crippen LogP contribution in [0.15, 0.2) is 34.9 Å². The standard InChI is InChI=1S/C45H76O24/c1-18(10-8-12-20(3)17-61-41-37(59)38(29(51)24(15-46)65-41)67-42-34(56)31(53)26(48)21(4)62-42)9-7-11-19(2)13-14-60-45-40(69-44-36(58)33(55)28(50)23(6)64-44)39(30(52)25(16-47)66-45)68-43-35(57)32(54)27(49)22(5)63-43/h9,12-13,21-59H,7-8,10-11,14-17H2,1-6H3/b18-9+,19-13+,20-12+/t21-,22-,23-,24+,25+,26-,27-,28-,29+,30+,31+,32+,33+,34+,35+,36+,37+,38-,39-,40+,41+,42-,43-,44-,45+/m0/s1. The molecule has 0 aromatic rings. The highest BCUT2D eigenvalue weighted by Gasteiger charge is 2.55. The second kappa shape index (κ2) is 26.5. The first-order valence-corrected chi connectivity index (χ1v) is 23.4. The molecule has 14 N–H and O–H groups in total. The van der Waals surface area contributed by atoms with Gasteiger partial charge in [-0.3, -0.25) is 0 Å². The molecule has 0 amide bonds. The maximum absolute atomic E-state index is 11.3. The molecule has 5 aliphatic heterocycles. The monoisotopic (exact) mass is 1000 g/mol. The molecule has 0 radical (unpaired) electrons. The molecule has 0 unspecified atom stereocenters. The molecule has 0 spiro atoms. The molecule has 0 saturated carbocycles. The lowest BCUT2D eigenvalue weighted by atomic mass is 9.96. The third-order valence-electron chi connectivity index (χ3n) is 13.1. The molecular formula is C45H76O24. The summed E-state index contributed by atoms with van der Waals surface area (Å²) in [7, 11) is 0. The van der Waals surface area contributed by atoms with E-state index >= 15 is 0 Å². The lowest BCUT2D eigenvalue weighted by Crippen LogP contribution is -2.66. The summed E-state index contributed by atoms with van der Waals surface area (Å²) < 4.78 is 57.8. The number of ether oxygens (including phenoxy) is 10. The van der Waals surface area contributed by atoms with Gasteiger partial charge in [0.15, 0.2) is 31.5 Å². The Morgan fingerprint density at radius 1 is 0.391 bits per heavy atom. The molecule has 0 aliphatic carbocycles. The highest BCUT2D eigenvalue weighted by atomic mass is 16.8. The molecular weight excluding hydrogens is 924 g/mol. The molecule has 5 heterocycles. The molecule has 0 aromatic carbocycles.